The van der Waals surface area contributed by atoms with Crippen molar-refractivity contribution in [3.05, 3.63) is 138 Å². The molecular formula is C47H43N. The van der Waals surface area contributed by atoms with Crippen LogP contribution in [0.25, 0.3) is 22.3 Å². The van der Waals surface area contributed by atoms with E-state index in [1.807, 2.05) is 0 Å². The molecule has 13 rings (SSSR count). The molecule has 5 aromatic rings. The summed E-state index contributed by atoms with van der Waals surface area (Å²) in [5.41, 5.74) is 16.8. The molecule has 8 aliphatic rings. The van der Waals surface area contributed by atoms with E-state index in [9.17, 15) is 0 Å². The van der Waals surface area contributed by atoms with Crippen LogP contribution in [0.4, 0.5) is 17.1 Å². The summed E-state index contributed by atoms with van der Waals surface area (Å²) in [5, 5.41) is 0. The summed E-state index contributed by atoms with van der Waals surface area (Å²) in [4.78, 5) is 2.68. The Morgan fingerprint density at radius 3 is 1.83 bits per heavy atom. The van der Waals surface area contributed by atoms with Gasteiger partial charge >= 0.3 is 0 Å². The van der Waals surface area contributed by atoms with Crippen LogP contribution >= 0.6 is 0 Å². The first-order chi connectivity index (χ1) is 23.7. The highest BCUT2D eigenvalue weighted by atomic mass is 15.1. The fraction of sp³-hybridized carbons (Fsp3) is 0.362. The molecule has 0 amide bonds. The highest BCUT2D eigenvalue weighted by molar-refractivity contribution is 5.92. The van der Waals surface area contributed by atoms with Gasteiger partial charge in [-0.2, -0.15) is 0 Å². The molecule has 48 heavy (non-hydrogen) atoms. The topological polar surface area (TPSA) is 3.24 Å². The normalized spacial score (nSPS) is 33.7. The molecule has 5 aromatic carbocycles. The van der Waals surface area contributed by atoms with Crippen molar-refractivity contribution in [2.24, 2.45) is 35.5 Å². The van der Waals surface area contributed by atoms with Crippen LogP contribution in [-0.2, 0) is 10.8 Å². The lowest BCUT2D eigenvalue weighted by Crippen LogP contribution is -2.55. The van der Waals surface area contributed by atoms with Crippen LogP contribution in [0.1, 0.15) is 80.0 Å². The third kappa shape index (κ3) is 3.16. The van der Waals surface area contributed by atoms with Gasteiger partial charge in [-0.3, -0.25) is 0 Å². The first kappa shape index (κ1) is 26.8. The van der Waals surface area contributed by atoms with Crippen molar-refractivity contribution in [2.45, 2.75) is 68.6 Å². The van der Waals surface area contributed by atoms with Crippen LogP contribution in [0.15, 0.2) is 115 Å². The molecule has 0 saturated heterocycles. The van der Waals surface area contributed by atoms with Gasteiger partial charge in [0.15, 0.2) is 0 Å². The molecule has 0 aromatic heterocycles. The molecule has 236 valence electrons. The van der Waals surface area contributed by atoms with Crippen molar-refractivity contribution in [3.8, 4) is 22.3 Å². The molecule has 0 radical (unpaired) electrons. The summed E-state index contributed by atoms with van der Waals surface area (Å²) in [5.74, 6) is 4.97. The lowest BCUT2D eigenvalue weighted by molar-refractivity contribution is -0.0397. The zero-order chi connectivity index (χ0) is 31.2. The Morgan fingerprint density at radius 1 is 0.458 bits per heavy atom. The van der Waals surface area contributed by atoms with Gasteiger partial charge in [0, 0.05) is 22.2 Å². The van der Waals surface area contributed by atoms with E-state index in [1.165, 1.54) is 97.1 Å². The minimum Gasteiger partial charge on any atom is -0.310 e. The van der Waals surface area contributed by atoms with Gasteiger partial charge < -0.3 is 4.90 Å². The van der Waals surface area contributed by atoms with E-state index in [4.69, 9.17) is 0 Å². The average molecular weight is 622 g/mol. The summed E-state index contributed by atoms with van der Waals surface area (Å²) in [6.45, 7) is 0. The summed E-state index contributed by atoms with van der Waals surface area (Å²) in [6, 6.07) is 45.3. The fourth-order valence-corrected chi connectivity index (χ4v) is 13.9. The van der Waals surface area contributed by atoms with Gasteiger partial charge in [-0.25, -0.2) is 0 Å². The Balaban J connectivity index is 1.11. The summed E-state index contributed by atoms with van der Waals surface area (Å²) >= 11 is 0. The Morgan fingerprint density at radius 2 is 1.10 bits per heavy atom. The molecule has 3 atom stereocenters. The number of para-hydroxylation sites is 1. The van der Waals surface area contributed by atoms with Crippen LogP contribution in [0.5, 0.6) is 0 Å². The van der Waals surface area contributed by atoms with Crippen molar-refractivity contribution < 1.29 is 0 Å². The molecule has 0 aliphatic heterocycles. The van der Waals surface area contributed by atoms with Crippen LogP contribution < -0.4 is 4.90 Å². The molecular weight excluding hydrogens is 579 g/mol. The predicted octanol–water partition coefficient (Wildman–Crippen LogP) is 12.0. The van der Waals surface area contributed by atoms with Gasteiger partial charge in [0.05, 0.1) is 5.69 Å². The van der Waals surface area contributed by atoms with Gasteiger partial charge in [-0.15, -0.1) is 0 Å². The van der Waals surface area contributed by atoms with Crippen molar-refractivity contribution in [2.75, 3.05) is 4.90 Å². The number of hydrogen-bond acceptors (Lipinski definition) is 1. The van der Waals surface area contributed by atoms with Crippen LogP contribution in [0.3, 0.4) is 0 Å². The van der Waals surface area contributed by atoms with E-state index in [2.05, 4.69) is 120 Å². The van der Waals surface area contributed by atoms with E-state index < -0.39 is 0 Å². The second kappa shape index (κ2) is 9.32. The third-order valence-electron chi connectivity index (χ3n) is 15.1. The third-order valence-corrected chi connectivity index (χ3v) is 15.1. The number of anilines is 3. The van der Waals surface area contributed by atoms with Crippen LogP contribution in [-0.4, -0.2) is 0 Å². The molecule has 8 aliphatic carbocycles. The average Bonchev–Trinajstić information content (AvgIpc) is 3.88. The van der Waals surface area contributed by atoms with Crippen LogP contribution in [0.2, 0.25) is 0 Å². The van der Waals surface area contributed by atoms with Gasteiger partial charge in [0.25, 0.3) is 0 Å². The zero-order valence-electron chi connectivity index (χ0n) is 27.7. The Hall–Kier alpha value is -4.10. The molecule has 1 nitrogen and oxygen atoms in total. The molecule has 0 heterocycles. The lowest BCUT2D eigenvalue weighted by atomic mass is 9.43. The number of nitrogens with zero attached hydrogens (tertiary/aromatic N) is 1. The van der Waals surface area contributed by atoms with Crippen molar-refractivity contribution in [1.82, 2.24) is 0 Å². The summed E-state index contributed by atoms with van der Waals surface area (Å²) in [7, 11) is 0. The maximum atomic E-state index is 2.68. The minimum atomic E-state index is 0.113. The highest BCUT2D eigenvalue weighted by Gasteiger charge is 2.62. The fourth-order valence-electron chi connectivity index (χ4n) is 13.9. The first-order valence-electron chi connectivity index (χ1n) is 19.1. The molecule has 6 fully saturated rings. The number of fused-ring (bicyclic) bond motifs is 11. The number of benzene rings is 5. The molecule has 6 bridgehead atoms. The number of hydrogen-bond donors (Lipinski definition) is 0. The Labute approximate surface area is 285 Å². The molecule has 3 unspecified atom stereocenters. The van der Waals surface area contributed by atoms with Gasteiger partial charge in [-0.05, 0) is 162 Å². The quantitative estimate of drug-likeness (QED) is 0.194. The summed E-state index contributed by atoms with van der Waals surface area (Å²) < 4.78 is 0. The van der Waals surface area contributed by atoms with E-state index in [-0.39, 0.29) is 10.8 Å². The van der Waals surface area contributed by atoms with E-state index in [0.29, 0.717) is 0 Å². The van der Waals surface area contributed by atoms with Crippen LogP contribution in [0, 0.1) is 35.5 Å². The van der Waals surface area contributed by atoms with Crippen molar-refractivity contribution >= 4 is 17.1 Å². The first-order valence-corrected chi connectivity index (χ1v) is 19.1. The van der Waals surface area contributed by atoms with E-state index in [1.54, 1.807) is 22.3 Å². The molecule has 6 saturated carbocycles. The SMILES string of the molecule is c1ccc(N(c2ccc3c(c2)C2(CC4CCC2C4)c2ccccc2-3)c2cccc3c2C2(c4ccccc4-3)C3CC4CC(C3)CC2C4)cc1. The minimum absolute atomic E-state index is 0.113. The molecule has 0 N–H and O–H groups in total. The smallest absolute Gasteiger partial charge is 0.0509 e. The van der Waals surface area contributed by atoms with Crippen molar-refractivity contribution in [1.29, 1.82) is 0 Å². The van der Waals surface area contributed by atoms with Crippen molar-refractivity contribution in [3.63, 3.8) is 0 Å². The van der Waals surface area contributed by atoms with E-state index >= 15 is 0 Å². The maximum absolute atomic E-state index is 2.68. The zero-order valence-corrected chi connectivity index (χ0v) is 27.7. The standard InChI is InChI=1S/C47H43N/c1-2-9-35(10-3-1)48(36-19-20-39-37-11-4-6-14-41(37)46(43(39)27-36)28-29-17-18-32(46)22-29)44-16-8-13-40-38-12-5-7-15-42(38)47(45(40)44)33-23-30-21-31(25-33)26-34(47)24-30/h1-16,19-20,27,29-34H,17-18,21-26,28H2. The largest absolute Gasteiger partial charge is 0.310 e. The second-order valence-electron chi connectivity index (χ2n) is 16.9. The lowest BCUT2D eigenvalue weighted by Gasteiger charge is -2.61. The molecule has 2 spiro atoms. The Kier molecular flexibility index (Phi) is 5.20. The van der Waals surface area contributed by atoms with E-state index in [0.717, 1.165) is 35.5 Å². The second-order valence-corrected chi connectivity index (χ2v) is 16.9. The number of rotatable bonds is 3. The monoisotopic (exact) mass is 621 g/mol. The molecule has 1 heteroatoms. The highest BCUT2D eigenvalue weighted by Crippen LogP contribution is 2.71. The maximum Gasteiger partial charge on any atom is 0.0509 e. The summed E-state index contributed by atoms with van der Waals surface area (Å²) in [6.07, 6.45) is 12.6. The van der Waals surface area contributed by atoms with Gasteiger partial charge in [-0.1, -0.05) is 91.3 Å². The predicted molar refractivity (Wildman–Crippen MR) is 196 cm³/mol. The van der Waals surface area contributed by atoms with Gasteiger partial charge in [0.1, 0.15) is 0 Å². The Bertz CT molecular complexity index is 2110. The van der Waals surface area contributed by atoms with Gasteiger partial charge in [0.2, 0.25) is 0 Å².